The number of nitrogens with one attached hydrogen (secondary N) is 1. The van der Waals surface area contributed by atoms with Crippen LogP contribution in [0.25, 0.3) is 0 Å². The van der Waals surface area contributed by atoms with Crippen molar-refractivity contribution in [2.24, 2.45) is 0 Å². The van der Waals surface area contributed by atoms with Crippen LogP contribution >= 0.6 is 11.6 Å². The second-order valence-electron chi connectivity index (χ2n) is 4.19. The predicted molar refractivity (Wildman–Crippen MR) is 79.7 cm³/mol. The highest BCUT2D eigenvalue weighted by Crippen LogP contribution is 2.14. The Kier molecular flexibility index (Phi) is 4.48. The summed E-state index contributed by atoms with van der Waals surface area (Å²) in [5.74, 6) is 0. The third-order valence-electron chi connectivity index (χ3n) is 2.82. The van der Waals surface area contributed by atoms with Crippen LogP contribution < -0.4 is 10.2 Å². The van der Waals surface area contributed by atoms with E-state index >= 15 is 0 Å². The van der Waals surface area contributed by atoms with Crippen molar-refractivity contribution in [1.82, 2.24) is 0 Å². The van der Waals surface area contributed by atoms with Gasteiger partial charge in [-0.2, -0.15) is 0 Å². The topological polar surface area (TPSA) is 15.3 Å². The fourth-order valence-corrected chi connectivity index (χ4v) is 1.87. The molecule has 0 spiro atoms. The van der Waals surface area contributed by atoms with E-state index in [1.807, 2.05) is 30.3 Å². The molecule has 2 nitrogen and oxygen atoms in total. The van der Waals surface area contributed by atoms with Crippen molar-refractivity contribution >= 4 is 23.0 Å². The van der Waals surface area contributed by atoms with Gasteiger partial charge >= 0.3 is 0 Å². The second kappa shape index (κ2) is 6.31. The molecule has 2 rings (SSSR count). The average Bonchev–Trinajstić information content (AvgIpc) is 2.42. The van der Waals surface area contributed by atoms with Crippen molar-refractivity contribution in [3.8, 4) is 0 Å². The predicted octanol–water partition coefficient (Wildman–Crippen LogP) is 3.89. The number of rotatable bonds is 5. The minimum absolute atomic E-state index is 0.766. The monoisotopic (exact) mass is 260 g/mol. The number of hydrogen-bond acceptors (Lipinski definition) is 2. The number of nitrogens with zero attached hydrogens (tertiary/aromatic N) is 1. The lowest BCUT2D eigenvalue weighted by atomic mass is 10.3. The zero-order chi connectivity index (χ0) is 12.8. The van der Waals surface area contributed by atoms with E-state index in [0.717, 1.165) is 23.8 Å². The summed E-state index contributed by atoms with van der Waals surface area (Å²) in [6, 6.07) is 18.1. The summed E-state index contributed by atoms with van der Waals surface area (Å²) in [7, 11) is 2.10. The maximum atomic E-state index is 5.84. The lowest BCUT2D eigenvalue weighted by Gasteiger charge is -2.19. The summed E-state index contributed by atoms with van der Waals surface area (Å²) < 4.78 is 0. The van der Waals surface area contributed by atoms with Crippen LogP contribution in [-0.4, -0.2) is 20.1 Å². The molecule has 2 aromatic carbocycles. The number of hydrogen-bond donors (Lipinski definition) is 1. The SMILES string of the molecule is CN(CCNc1ccc(Cl)cc1)c1ccccc1. The van der Waals surface area contributed by atoms with Crippen LogP contribution in [0.1, 0.15) is 0 Å². The standard InChI is InChI=1S/C15H17ClN2/c1-18(15-5-3-2-4-6-15)12-11-17-14-9-7-13(16)8-10-14/h2-10,17H,11-12H2,1H3. The number of anilines is 2. The molecule has 3 heteroatoms. The van der Waals surface area contributed by atoms with E-state index in [0.29, 0.717) is 0 Å². The minimum Gasteiger partial charge on any atom is -0.383 e. The highest BCUT2D eigenvalue weighted by atomic mass is 35.5. The molecule has 0 heterocycles. The van der Waals surface area contributed by atoms with Crippen LogP contribution in [0.15, 0.2) is 54.6 Å². The zero-order valence-electron chi connectivity index (χ0n) is 10.4. The van der Waals surface area contributed by atoms with Gasteiger partial charge in [0.15, 0.2) is 0 Å². The first-order valence-electron chi connectivity index (χ1n) is 6.01. The molecule has 0 aliphatic carbocycles. The molecular formula is C15H17ClN2. The van der Waals surface area contributed by atoms with E-state index in [9.17, 15) is 0 Å². The molecule has 0 radical (unpaired) electrons. The molecule has 0 aliphatic heterocycles. The van der Waals surface area contributed by atoms with Gasteiger partial charge in [-0.25, -0.2) is 0 Å². The van der Waals surface area contributed by atoms with Crippen molar-refractivity contribution in [3.05, 3.63) is 59.6 Å². The molecule has 0 saturated carbocycles. The average molecular weight is 261 g/mol. The largest absolute Gasteiger partial charge is 0.383 e. The molecule has 18 heavy (non-hydrogen) atoms. The maximum Gasteiger partial charge on any atom is 0.0407 e. The van der Waals surface area contributed by atoms with Gasteiger partial charge in [-0.05, 0) is 36.4 Å². The smallest absolute Gasteiger partial charge is 0.0407 e. The van der Waals surface area contributed by atoms with Crippen molar-refractivity contribution in [3.63, 3.8) is 0 Å². The fourth-order valence-electron chi connectivity index (χ4n) is 1.75. The Labute approximate surface area is 113 Å². The Morgan fingerprint density at radius 2 is 1.67 bits per heavy atom. The first-order valence-corrected chi connectivity index (χ1v) is 6.39. The molecule has 2 aromatic rings. The Hall–Kier alpha value is -1.67. The highest BCUT2D eigenvalue weighted by molar-refractivity contribution is 6.30. The molecule has 0 bridgehead atoms. The van der Waals surface area contributed by atoms with E-state index < -0.39 is 0 Å². The number of para-hydroxylation sites is 1. The molecule has 0 atom stereocenters. The van der Waals surface area contributed by atoms with Crippen molar-refractivity contribution in [2.75, 3.05) is 30.4 Å². The van der Waals surface area contributed by atoms with Gasteiger partial charge in [0.05, 0.1) is 0 Å². The Morgan fingerprint density at radius 1 is 1.00 bits per heavy atom. The molecule has 0 amide bonds. The maximum absolute atomic E-state index is 5.84. The van der Waals surface area contributed by atoms with Crippen molar-refractivity contribution in [1.29, 1.82) is 0 Å². The summed E-state index contributed by atoms with van der Waals surface area (Å²) in [5.41, 5.74) is 2.33. The summed E-state index contributed by atoms with van der Waals surface area (Å²) in [4.78, 5) is 2.23. The van der Waals surface area contributed by atoms with Crippen LogP contribution in [0.4, 0.5) is 11.4 Å². The highest BCUT2D eigenvalue weighted by Gasteiger charge is 1.99. The number of benzene rings is 2. The third kappa shape index (κ3) is 3.67. The van der Waals surface area contributed by atoms with E-state index in [1.165, 1.54) is 5.69 Å². The minimum atomic E-state index is 0.766. The fraction of sp³-hybridized carbons (Fsp3) is 0.200. The lowest BCUT2D eigenvalue weighted by Crippen LogP contribution is -2.24. The Morgan fingerprint density at radius 3 is 2.33 bits per heavy atom. The van der Waals surface area contributed by atoms with Gasteiger partial charge in [0, 0.05) is 36.5 Å². The molecule has 0 aromatic heterocycles. The molecular weight excluding hydrogens is 244 g/mol. The van der Waals surface area contributed by atoms with E-state index in [2.05, 4.69) is 41.5 Å². The first kappa shape index (κ1) is 12.8. The van der Waals surface area contributed by atoms with Gasteiger partial charge in [0.25, 0.3) is 0 Å². The van der Waals surface area contributed by atoms with Crippen LogP contribution in [-0.2, 0) is 0 Å². The third-order valence-corrected chi connectivity index (χ3v) is 3.07. The first-order chi connectivity index (χ1) is 8.75. The quantitative estimate of drug-likeness (QED) is 0.878. The van der Waals surface area contributed by atoms with Gasteiger partial charge < -0.3 is 10.2 Å². The zero-order valence-corrected chi connectivity index (χ0v) is 11.2. The lowest BCUT2D eigenvalue weighted by molar-refractivity contribution is 0.915. The van der Waals surface area contributed by atoms with Gasteiger partial charge in [-0.1, -0.05) is 29.8 Å². The van der Waals surface area contributed by atoms with Gasteiger partial charge in [0.2, 0.25) is 0 Å². The van der Waals surface area contributed by atoms with Crippen LogP contribution in [0, 0.1) is 0 Å². The van der Waals surface area contributed by atoms with Gasteiger partial charge in [-0.15, -0.1) is 0 Å². The molecule has 94 valence electrons. The van der Waals surface area contributed by atoms with Crippen LogP contribution in [0.3, 0.4) is 0 Å². The second-order valence-corrected chi connectivity index (χ2v) is 4.63. The van der Waals surface area contributed by atoms with E-state index in [-0.39, 0.29) is 0 Å². The summed E-state index contributed by atoms with van der Waals surface area (Å²) >= 11 is 5.84. The molecule has 0 saturated heterocycles. The Bertz CT molecular complexity index is 468. The van der Waals surface area contributed by atoms with E-state index in [4.69, 9.17) is 11.6 Å². The molecule has 1 N–H and O–H groups in total. The molecule has 0 unspecified atom stereocenters. The molecule has 0 aliphatic rings. The van der Waals surface area contributed by atoms with Crippen LogP contribution in [0.5, 0.6) is 0 Å². The van der Waals surface area contributed by atoms with Crippen molar-refractivity contribution < 1.29 is 0 Å². The Balaban J connectivity index is 1.80. The van der Waals surface area contributed by atoms with Gasteiger partial charge in [0.1, 0.15) is 0 Å². The normalized spacial score (nSPS) is 10.1. The summed E-state index contributed by atoms with van der Waals surface area (Å²) in [6.45, 7) is 1.85. The van der Waals surface area contributed by atoms with Crippen molar-refractivity contribution in [2.45, 2.75) is 0 Å². The summed E-state index contributed by atoms with van der Waals surface area (Å²) in [6.07, 6.45) is 0. The van der Waals surface area contributed by atoms with Gasteiger partial charge in [-0.3, -0.25) is 0 Å². The number of likely N-dealkylation sites (N-methyl/N-ethyl adjacent to an activating group) is 1. The summed E-state index contributed by atoms with van der Waals surface area (Å²) in [5, 5.41) is 4.14. The van der Waals surface area contributed by atoms with E-state index in [1.54, 1.807) is 0 Å². The number of halogens is 1. The van der Waals surface area contributed by atoms with Crippen LogP contribution in [0.2, 0.25) is 5.02 Å². The molecule has 0 fully saturated rings.